The van der Waals surface area contributed by atoms with E-state index in [9.17, 15) is 0 Å². The molecule has 0 amide bonds. The first kappa shape index (κ1) is 12.1. The van der Waals surface area contributed by atoms with Crippen LogP contribution in [0.1, 0.15) is 17.7 Å². The van der Waals surface area contributed by atoms with E-state index in [-0.39, 0.29) is 0 Å². The first-order chi connectivity index (χ1) is 7.84. The van der Waals surface area contributed by atoms with Gasteiger partial charge < -0.3 is 10.1 Å². The molecule has 1 aliphatic heterocycles. The molecule has 0 bridgehead atoms. The van der Waals surface area contributed by atoms with Crippen LogP contribution in [0.5, 0.6) is 0 Å². The maximum absolute atomic E-state index is 5.86. The zero-order chi connectivity index (χ0) is 11.2. The largest absolute Gasteiger partial charge is 0.377 e. The Hall–Kier alpha value is -0.350. The Morgan fingerprint density at radius 3 is 3.06 bits per heavy atom. The molecular weight excluding hydrogens is 242 g/mol. The minimum atomic E-state index is 0.788. The summed E-state index contributed by atoms with van der Waals surface area (Å²) < 4.78 is 6.13. The minimum Gasteiger partial charge on any atom is -0.377 e. The van der Waals surface area contributed by atoms with Crippen molar-refractivity contribution in [3.8, 4) is 0 Å². The van der Waals surface area contributed by atoms with Gasteiger partial charge in [0.2, 0.25) is 0 Å². The van der Waals surface area contributed by atoms with Crippen molar-refractivity contribution in [1.82, 2.24) is 5.32 Å². The monoisotopic (exact) mass is 257 g/mol. The van der Waals surface area contributed by atoms with Gasteiger partial charge in [-0.05, 0) is 31.5 Å². The van der Waals surface area contributed by atoms with Crippen LogP contribution in [0.2, 0.25) is 4.34 Å². The second-order valence-corrected chi connectivity index (χ2v) is 5.62. The van der Waals surface area contributed by atoms with Crippen molar-refractivity contribution < 1.29 is 4.74 Å². The molecule has 1 N–H and O–H groups in total. The summed E-state index contributed by atoms with van der Waals surface area (Å²) in [4.78, 5) is 1.30. The molecule has 1 aromatic heterocycles. The van der Waals surface area contributed by atoms with Crippen LogP contribution in [0.4, 0.5) is 0 Å². The molecule has 1 aromatic rings. The zero-order valence-corrected chi connectivity index (χ0v) is 10.7. The Labute approximate surface area is 105 Å². The molecule has 1 aliphatic rings. The van der Waals surface area contributed by atoms with Crippen molar-refractivity contribution in [3.63, 3.8) is 0 Å². The summed E-state index contributed by atoms with van der Waals surface area (Å²) >= 11 is 7.50. The average Bonchev–Trinajstić information content (AvgIpc) is 2.72. The van der Waals surface area contributed by atoms with E-state index in [0.29, 0.717) is 0 Å². The van der Waals surface area contributed by atoms with E-state index >= 15 is 0 Å². The van der Waals surface area contributed by atoms with Crippen molar-refractivity contribution in [2.24, 2.45) is 0 Å². The third kappa shape index (κ3) is 3.91. The summed E-state index contributed by atoms with van der Waals surface area (Å²) in [6.07, 6.45) is 4.42. The first-order valence-corrected chi connectivity index (χ1v) is 6.74. The minimum absolute atomic E-state index is 0.788. The van der Waals surface area contributed by atoms with Crippen LogP contribution in [0, 0.1) is 0 Å². The van der Waals surface area contributed by atoms with E-state index in [1.165, 1.54) is 10.5 Å². The standard InChI is InChI=1S/C12H16ClNOS/c13-12-2-1-11(16-12)9-14-6-3-10-4-7-15-8-5-10/h1-2,4,14H,3,5-9H2. The van der Waals surface area contributed by atoms with E-state index in [0.717, 1.165) is 43.5 Å². The van der Waals surface area contributed by atoms with Gasteiger partial charge in [0.1, 0.15) is 0 Å². The molecule has 88 valence electrons. The molecule has 0 fully saturated rings. The third-order valence-electron chi connectivity index (χ3n) is 2.61. The Balaban J connectivity index is 1.63. The molecule has 0 radical (unpaired) electrons. The van der Waals surface area contributed by atoms with Crippen LogP contribution >= 0.6 is 22.9 Å². The lowest BCUT2D eigenvalue weighted by atomic mass is 10.1. The van der Waals surface area contributed by atoms with E-state index in [4.69, 9.17) is 16.3 Å². The van der Waals surface area contributed by atoms with E-state index in [1.807, 2.05) is 6.07 Å². The Kier molecular flexibility index (Phi) is 4.85. The van der Waals surface area contributed by atoms with Crippen LogP contribution in [0.15, 0.2) is 23.8 Å². The van der Waals surface area contributed by atoms with Crippen LogP contribution in [0.25, 0.3) is 0 Å². The van der Waals surface area contributed by atoms with Gasteiger partial charge in [-0.25, -0.2) is 0 Å². The number of ether oxygens (including phenoxy) is 1. The van der Waals surface area contributed by atoms with Gasteiger partial charge in [0.15, 0.2) is 0 Å². The molecule has 0 atom stereocenters. The van der Waals surface area contributed by atoms with Gasteiger partial charge in [-0.1, -0.05) is 23.3 Å². The van der Waals surface area contributed by atoms with Gasteiger partial charge in [-0.2, -0.15) is 0 Å². The lowest BCUT2D eigenvalue weighted by Gasteiger charge is -2.13. The van der Waals surface area contributed by atoms with Crippen LogP contribution in [0.3, 0.4) is 0 Å². The maximum atomic E-state index is 5.86. The molecule has 4 heteroatoms. The second-order valence-electron chi connectivity index (χ2n) is 3.82. The quantitative estimate of drug-likeness (QED) is 0.646. The predicted octanol–water partition coefficient (Wildman–Crippen LogP) is 3.23. The molecule has 0 aliphatic carbocycles. The molecule has 0 unspecified atom stereocenters. The van der Waals surface area contributed by atoms with Gasteiger partial charge >= 0.3 is 0 Å². The van der Waals surface area contributed by atoms with Crippen molar-refractivity contribution in [2.75, 3.05) is 19.8 Å². The van der Waals surface area contributed by atoms with Gasteiger partial charge in [0.25, 0.3) is 0 Å². The van der Waals surface area contributed by atoms with Crippen LogP contribution in [-0.2, 0) is 11.3 Å². The Morgan fingerprint density at radius 2 is 2.38 bits per heavy atom. The summed E-state index contributed by atoms with van der Waals surface area (Å²) in [6, 6.07) is 4.03. The molecule has 0 aromatic carbocycles. The Bertz CT molecular complexity index is 362. The number of nitrogens with one attached hydrogen (secondary N) is 1. The SMILES string of the molecule is Clc1ccc(CNCCC2=CCOCC2)s1. The Morgan fingerprint density at radius 1 is 1.44 bits per heavy atom. The number of hydrogen-bond acceptors (Lipinski definition) is 3. The highest BCUT2D eigenvalue weighted by Gasteiger charge is 2.03. The molecule has 2 heterocycles. The number of rotatable bonds is 5. The van der Waals surface area contributed by atoms with Crippen molar-refractivity contribution in [2.45, 2.75) is 19.4 Å². The molecule has 0 saturated heterocycles. The third-order valence-corrected chi connectivity index (χ3v) is 3.84. The fourth-order valence-corrected chi connectivity index (χ4v) is 2.76. The lowest BCUT2D eigenvalue weighted by Crippen LogP contribution is -2.16. The summed E-state index contributed by atoms with van der Waals surface area (Å²) in [5.41, 5.74) is 1.52. The van der Waals surface area contributed by atoms with Crippen LogP contribution < -0.4 is 5.32 Å². The summed E-state index contributed by atoms with van der Waals surface area (Å²) in [5, 5.41) is 3.43. The van der Waals surface area contributed by atoms with E-state index in [1.54, 1.807) is 11.3 Å². The smallest absolute Gasteiger partial charge is 0.0931 e. The number of hydrogen-bond donors (Lipinski definition) is 1. The average molecular weight is 258 g/mol. The fourth-order valence-electron chi connectivity index (χ4n) is 1.70. The summed E-state index contributed by atoms with van der Waals surface area (Å²) in [5.74, 6) is 0. The van der Waals surface area contributed by atoms with Crippen molar-refractivity contribution in [1.29, 1.82) is 0 Å². The van der Waals surface area contributed by atoms with Gasteiger partial charge in [0.05, 0.1) is 17.6 Å². The van der Waals surface area contributed by atoms with Crippen molar-refractivity contribution in [3.05, 3.63) is 33.0 Å². The normalized spacial score (nSPS) is 16.2. The molecule has 2 rings (SSSR count). The maximum Gasteiger partial charge on any atom is 0.0931 e. The highest BCUT2D eigenvalue weighted by molar-refractivity contribution is 7.16. The zero-order valence-electron chi connectivity index (χ0n) is 9.17. The lowest BCUT2D eigenvalue weighted by molar-refractivity contribution is 0.153. The number of halogens is 1. The first-order valence-electron chi connectivity index (χ1n) is 5.55. The summed E-state index contributed by atoms with van der Waals surface area (Å²) in [7, 11) is 0. The van der Waals surface area contributed by atoms with Gasteiger partial charge in [-0.15, -0.1) is 11.3 Å². The molecule has 16 heavy (non-hydrogen) atoms. The van der Waals surface area contributed by atoms with E-state index < -0.39 is 0 Å². The molecular formula is C12H16ClNOS. The highest BCUT2D eigenvalue weighted by Crippen LogP contribution is 2.21. The highest BCUT2D eigenvalue weighted by atomic mass is 35.5. The van der Waals surface area contributed by atoms with Gasteiger partial charge in [-0.3, -0.25) is 0 Å². The fraction of sp³-hybridized carbons (Fsp3) is 0.500. The molecule has 0 saturated carbocycles. The topological polar surface area (TPSA) is 21.3 Å². The second kappa shape index (κ2) is 6.40. The molecule has 0 spiro atoms. The molecule has 2 nitrogen and oxygen atoms in total. The summed E-state index contributed by atoms with van der Waals surface area (Å²) in [6.45, 7) is 3.62. The predicted molar refractivity (Wildman–Crippen MR) is 69.2 cm³/mol. The van der Waals surface area contributed by atoms with E-state index in [2.05, 4.69) is 17.5 Å². The van der Waals surface area contributed by atoms with Crippen LogP contribution in [-0.4, -0.2) is 19.8 Å². The number of thiophene rings is 1. The van der Waals surface area contributed by atoms with Crippen molar-refractivity contribution >= 4 is 22.9 Å². The van der Waals surface area contributed by atoms with Gasteiger partial charge in [0, 0.05) is 11.4 Å².